The van der Waals surface area contributed by atoms with Crippen molar-refractivity contribution in [2.24, 2.45) is 0 Å². The van der Waals surface area contributed by atoms with Crippen LogP contribution in [0.2, 0.25) is 0 Å². The largest absolute Gasteiger partial charge is 1.00 e. The number of hydrogen-bond acceptors (Lipinski definition) is 7. The van der Waals surface area contributed by atoms with Gasteiger partial charge in [0.2, 0.25) is 0 Å². The van der Waals surface area contributed by atoms with E-state index in [1.807, 2.05) is 22.6 Å². The zero-order valence-corrected chi connectivity index (χ0v) is 19.5. The quantitative estimate of drug-likeness (QED) is 0.169. The molecule has 1 N–H and O–H groups in total. The Hall–Kier alpha value is 2.12. The van der Waals surface area contributed by atoms with E-state index in [2.05, 4.69) is 9.78 Å². The maximum atomic E-state index is 11.1. The molecule has 0 fully saturated rings. The van der Waals surface area contributed by atoms with Crippen LogP contribution in [0.4, 0.5) is 0 Å². The third-order valence-corrected chi connectivity index (χ3v) is 1.56. The maximum Gasteiger partial charge on any atom is 1.00 e. The van der Waals surface area contributed by atoms with Gasteiger partial charge in [0.1, 0.15) is 15.9 Å². The Bertz CT molecular complexity index is 356. The second-order valence-corrected chi connectivity index (χ2v) is 3.03. The fourth-order valence-electron chi connectivity index (χ4n) is 0.767. The van der Waals surface area contributed by atoms with Gasteiger partial charge in [-0.1, -0.05) is 34.7 Å². The first-order valence-electron chi connectivity index (χ1n) is 4.14. The minimum Gasteiger partial charge on any atom is -0.907 e. The van der Waals surface area contributed by atoms with Crippen molar-refractivity contribution >= 4 is 35.9 Å². The first kappa shape index (κ1) is 30.1. The van der Waals surface area contributed by atoms with Gasteiger partial charge in [-0.15, -0.1) is 0 Å². The predicted octanol–water partition coefficient (Wildman–Crippen LogP) is -11.1. The van der Waals surface area contributed by atoms with Crippen molar-refractivity contribution in [3.63, 3.8) is 0 Å². The van der Waals surface area contributed by atoms with Crippen LogP contribution < -0.4 is 104 Å². The van der Waals surface area contributed by atoms with Crippen LogP contribution in [0, 0.1) is 0 Å². The van der Waals surface area contributed by atoms with Gasteiger partial charge in [0, 0.05) is 0 Å². The number of phenols is 1. The average Bonchev–Trinajstić information content (AvgIpc) is 2.26. The van der Waals surface area contributed by atoms with Crippen LogP contribution in [0.5, 0.6) is 5.75 Å². The van der Waals surface area contributed by atoms with E-state index in [0.717, 1.165) is 0 Å². The van der Waals surface area contributed by atoms with Crippen LogP contribution in [-0.4, -0.2) is 23.0 Å². The summed E-state index contributed by atoms with van der Waals surface area (Å²) in [6.45, 7) is 0. The Morgan fingerprint density at radius 1 is 1.20 bits per heavy atom. The van der Waals surface area contributed by atoms with E-state index in [-0.39, 0.29) is 105 Å². The molecule has 0 bridgehead atoms. The van der Waals surface area contributed by atoms with Gasteiger partial charge in [0.05, 0.1) is 0 Å². The number of para-hydroxylation sites is 1. The molecule has 1 aromatic carbocycles. The Labute approximate surface area is 196 Å². The zero-order valence-electron chi connectivity index (χ0n) is 11.4. The van der Waals surface area contributed by atoms with Gasteiger partial charge in [0.25, 0.3) is 0 Å². The number of benzene rings is 1. The Morgan fingerprint density at radius 3 is 2.05 bits per heavy atom. The first-order chi connectivity index (χ1) is 7.99. The monoisotopic (exact) mass is 422 g/mol. The van der Waals surface area contributed by atoms with Gasteiger partial charge in [-0.05, 0) is 12.1 Å². The van der Waals surface area contributed by atoms with E-state index in [1.54, 1.807) is 12.1 Å². The van der Waals surface area contributed by atoms with Crippen LogP contribution in [0.1, 0.15) is 10.4 Å². The minimum absolute atomic E-state index is 0. The number of halogens is 1. The molecule has 1 aromatic rings. The number of rotatable bonds is 3. The summed E-state index contributed by atoms with van der Waals surface area (Å²) < 4.78 is 0.247. The number of carbonyl (C=O) groups is 1. The summed E-state index contributed by atoms with van der Waals surface area (Å²) >= 11 is 1.89. The van der Waals surface area contributed by atoms with Gasteiger partial charge in [-0.3, -0.25) is 12.2 Å². The smallest absolute Gasteiger partial charge is 0.907 e. The van der Waals surface area contributed by atoms with E-state index in [1.165, 1.54) is 12.1 Å². The molecule has 12 heteroatoms. The van der Waals surface area contributed by atoms with E-state index < -0.39 is 13.3 Å². The Balaban J connectivity index is -0.000000164. The molecule has 0 aliphatic rings. The number of alkyl halides is 1. The molecule has 0 aliphatic heterocycles. The van der Waals surface area contributed by atoms with Crippen LogP contribution in [0.15, 0.2) is 24.3 Å². The molecule has 20 heavy (non-hydrogen) atoms. The summed E-state index contributed by atoms with van der Waals surface area (Å²) in [6, 6.07) is 6.10. The van der Waals surface area contributed by atoms with E-state index >= 15 is 0 Å². The van der Waals surface area contributed by atoms with Crippen molar-refractivity contribution in [1.82, 2.24) is 0 Å². The third kappa shape index (κ3) is 16.5. The molecule has 94 valence electrons. The number of phenolic OH excluding ortho intramolecular Hbond substituents is 1. The molecule has 0 unspecified atom stereocenters. The molecule has 0 saturated heterocycles. The van der Waals surface area contributed by atoms with Gasteiger partial charge in [-0.25, -0.2) is 4.79 Å². The molecule has 0 aromatic heterocycles. The number of hydrogen-bond donors (Lipinski definition) is 1. The van der Waals surface area contributed by atoms with E-state index in [4.69, 9.17) is 15.1 Å². The zero-order chi connectivity index (χ0) is 13.3. The fraction of sp³-hybridized carbons (Fsp3) is 0.125. The van der Waals surface area contributed by atoms with Crippen LogP contribution in [0.3, 0.4) is 0 Å². The fourth-order valence-corrected chi connectivity index (χ4v) is 0.894. The summed E-state index contributed by atoms with van der Waals surface area (Å²) in [5.41, 5.74) is 0.0901. The molecular weight excluding hydrogens is 415 g/mol. The van der Waals surface area contributed by atoms with Crippen LogP contribution in [-0.2, 0) is 9.78 Å². The maximum absolute atomic E-state index is 11.1. The van der Waals surface area contributed by atoms with Gasteiger partial charge in [-0.2, -0.15) is 4.89 Å². The molecule has 0 aliphatic carbocycles. The van der Waals surface area contributed by atoms with Crippen LogP contribution >= 0.6 is 22.6 Å². The molecule has 0 saturated carbocycles. The Kier molecular flexibility index (Phi) is 28.8. The van der Waals surface area contributed by atoms with Crippen molar-refractivity contribution in [3.05, 3.63) is 29.8 Å². The van der Waals surface area contributed by atoms with E-state index in [0.29, 0.717) is 0 Å². The minimum atomic E-state index is -2.92. The van der Waals surface area contributed by atoms with Gasteiger partial charge >= 0.3 is 94.6 Å². The first-order valence-corrected chi connectivity index (χ1v) is 5.66. The van der Waals surface area contributed by atoms with Crippen molar-refractivity contribution in [1.29, 1.82) is 0 Å². The number of aromatic hydroxyl groups is 1. The molecule has 0 atom stereocenters. The molecule has 0 amide bonds. The topological polar surface area (TPSA) is 125 Å². The standard InChI is InChI=1S/C8H7IO4.BO3.3Na/c9-5-12-13-8(11)6-3-1-2-4-7(6)10;2-1(3)4;;;/h1-4,10H,5H2;;;;/q;-3;3*+1. The molecular formula is C8H7BINa3O7. The van der Waals surface area contributed by atoms with Crippen LogP contribution in [0.25, 0.3) is 0 Å². The van der Waals surface area contributed by atoms with Gasteiger partial charge in [0.15, 0.2) is 0 Å². The Morgan fingerprint density at radius 2 is 1.65 bits per heavy atom. The summed E-state index contributed by atoms with van der Waals surface area (Å²) in [5.74, 6) is -0.820. The second-order valence-electron chi connectivity index (χ2n) is 2.40. The van der Waals surface area contributed by atoms with Gasteiger partial charge < -0.3 is 20.2 Å². The van der Waals surface area contributed by atoms with E-state index in [9.17, 15) is 9.90 Å². The molecule has 0 heterocycles. The van der Waals surface area contributed by atoms with Crippen molar-refractivity contribution in [3.8, 4) is 5.75 Å². The molecule has 0 spiro atoms. The molecule has 0 radical (unpaired) electrons. The SMILES string of the molecule is O=C(OOCI)c1ccccc1O.[Na+].[Na+].[Na+].[O-]B([O-])[O-]. The normalized spacial score (nSPS) is 7.60. The molecule has 7 nitrogen and oxygen atoms in total. The summed E-state index contributed by atoms with van der Waals surface area (Å²) in [6.07, 6.45) is 0. The second kappa shape index (κ2) is 19.2. The third-order valence-electron chi connectivity index (χ3n) is 1.30. The summed E-state index contributed by atoms with van der Waals surface area (Å²) in [5, 5.41) is 34.5. The predicted molar refractivity (Wildman–Crippen MR) is 59.2 cm³/mol. The van der Waals surface area contributed by atoms with Crippen molar-refractivity contribution in [2.75, 3.05) is 4.61 Å². The number of carbonyl (C=O) groups excluding carboxylic acids is 1. The molecule has 1 rings (SSSR count). The van der Waals surface area contributed by atoms with Crippen molar-refractivity contribution in [2.45, 2.75) is 0 Å². The van der Waals surface area contributed by atoms with Crippen molar-refractivity contribution < 1.29 is 123 Å². The average molecular weight is 422 g/mol. The summed E-state index contributed by atoms with van der Waals surface area (Å²) in [4.78, 5) is 19.9. The summed E-state index contributed by atoms with van der Waals surface area (Å²) in [7, 11) is -2.92.